The van der Waals surface area contributed by atoms with Crippen LogP contribution in [-0.4, -0.2) is 53.7 Å². The summed E-state index contributed by atoms with van der Waals surface area (Å²) in [7, 11) is 1.51. The summed E-state index contributed by atoms with van der Waals surface area (Å²) < 4.78 is 10.7. The normalized spacial score (nSPS) is 13.4. The average molecular weight is 403 g/mol. The smallest absolute Gasteiger partial charge is 0.316 e. The predicted molar refractivity (Wildman–Crippen MR) is 103 cm³/mol. The Bertz CT molecular complexity index is 651. The third kappa shape index (κ3) is 6.37. The number of thioether (sulfide) groups is 1. The van der Waals surface area contributed by atoms with E-state index in [-0.39, 0.29) is 12.4 Å². The molecule has 1 heterocycles. The lowest BCUT2D eigenvalue weighted by molar-refractivity contribution is -0.144. The number of nitrogens with one attached hydrogen (secondary N) is 1. The minimum Gasteiger partial charge on any atom is -0.495 e. The standard InChI is InChI=1S/C16H19ClN2O4S2/c1-22-13-5-4-11(8-12(13)17)18-14(20)9-23-15(21)10-25-16(24)19-6-2-3-7-19/h4-5,8H,2-3,6-7,9-10H2,1H3,(H,18,20). The predicted octanol–water partition coefficient (Wildman–Crippen LogP) is 2.94. The van der Waals surface area contributed by atoms with Gasteiger partial charge in [-0.1, -0.05) is 35.6 Å². The van der Waals surface area contributed by atoms with Crippen LogP contribution in [0.2, 0.25) is 5.02 Å². The Hall–Kier alpha value is -1.51. The number of hydrogen-bond acceptors (Lipinski definition) is 6. The number of halogens is 1. The van der Waals surface area contributed by atoms with Crippen LogP contribution in [0.3, 0.4) is 0 Å². The Morgan fingerprint density at radius 1 is 1.36 bits per heavy atom. The molecular weight excluding hydrogens is 384 g/mol. The van der Waals surface area contributed by atoms with Crippen LogP contribution in [0.25, 0.3) is 0 Å². The summed E-state index contributed by atoms with van der Waals surface area (Å²) in [5, 5.41) is 2.98. The van der Waals surface area contributed by atoms with Gasteiger partial charge in [0.25, 0.3) is 5.91 Å². The highest BCUT2D eigenvalue weighted by molar-refractivity contribution is 8.23. The van der Waals surface area contributed by atoms with Crippen LogP contribution < -0.4 is 10.1 Å². The molecule has 1 aromatic carbocycles. The van der Waals surface area contributed by atoms with Gasteiger partial charge in [0.05, 0.1) is 17.9 Å². The van der Waals surface area contributed by atoms with E-state index in [1.807, 2.05) is 0 Å². The van der Waals surface area contributed by atoms with Gasteiger partial charge in [-0.2, -0.15) is 0 Å². The lowest BCUT2D eigenvalue weighted by Gasteiger charge is -2.17. The number of carbonyl (C=O) groups is 2. The molecule has 6 nitrogen and oxygen atoms in total. The SMILES string of the molecule is COc1ccc(NC(=O)COC(=O)CSC(=S)N2CCCC2)cc1Cl. The molecule has 0 spiro atoms. The van der Waals surface area contributed by atoms with Gasteiger partial charge < -0.3 is 19.7 Å². The van der Waals surface area contributed by atoms with Crippen LogP contribution in [0.4, 0.5) is 5.69 Å². The van der Waals surface area contributed by atoms with Crippen molar-refractivity contribution in [2.24, 2.45) is 0 Å². The number of anilines is 1. The van der Waals surface area contributed by atoms with E-state index in [1.165, 1.54) is 18.9 Å². The number of esters is 1. The number of amides is 1. The molecule has 2 rings (SSSR count). The first-order valence-electron chi connectivity index (χ1n) is 7.70. The molecule has 0 atom stereocenters. The number of methoxy groups -OCH3 is 1. The van der Waals surface area contributed by atoms with Gasteiger partial charge in [0.15, 0.2) is 6.61 Å². The van der Waals surface area contributed by atoms with Gasteiger partial charge in [0.2, 0.25) is 0 Å². The van der Waals surface area contributed by atoms with E-state index < -0.39 is 11.9 Å². The number of ether oxygens (including phenoxy) is 2. The van der Waals surface area contributed by atoms with E-state index in [0.717, 1.165) is 25.9 Å². The van der Waals surface area contributed by atoms with Crippen LogP contribution in [0, 0.1) is 0 Å². The van der Waals surface area contributed by atoms with Crippen molar-refractivity contribution < 1.29 is 19.1 Å². The summed E-state index contributed by atoms with van der Waals surface area (Å²) in [5.41, 5.74) is 0.497. The number of thiocarbonyl (C=S) groups is 1. The summed E-state index contributed by atoms with van der Waals surface area (Å²) in [4.78, 5) is 25.6. The Kier molecular flexibility index (Phi) is 7.80. The first kappa shape index (κ1) is 19.8. The third-order valence-corrected chi connectivity index (χ3v) is 5.27. The minimum absolute atomic E-state index is 0.0942. The molecular formula is C16H19ClN2O4S2. The summed E-state index contributed by atoms with van der Waals surface area (Å²) in [6.07, 6.45) is 2.25. The van der Waals surface area contributed by atoms with E-state index >= 15 is 0 Å². The second kappa shape index (κ2) is 9.84. The summed E-state index contributed by atoms with van der Waals surface area (Å²) in [5.74, 6) is -0.315. The molecule has 1 saturated heterocycles. The molecule has 0 bridgehead atoms. The molecule has 1 N–H and O–H groups in total. The zero-order valence-corrected chi connectivity index (χ0v) is 16.1. The zero-order valence-electron chi connectivity index (χ0n) is 13.7. The lowest BCUT2D eigenvalue weighted by atomic mass is 10.3. The maximum Gasteiger partial charge on any atom is 0.316 e. The van der Waals surface area contributed by atoms with Crippen LogP contribution in [-0.2, 0) is 14.3 Å². The second-order valence-corrected chi connectivity index (χ2v) is 7.32. The average Bonchev–Trinajstić information content (AvgIpc) is 3.12. The molecule has 0 radical (unpaired) electrons. The molecule has 9 heteroatoms. The van der Waals surface area contributed by atoms with Crippen molar-refractivity contribution in [3.63, 3.8) is 0 Å². The molecule has 1 aliphatic heterocycles. The summed E-state index contributed by atoms with van der Waals surface area (Å²) in [6.45, 7) is 1.51. The molecule has 1 aliphatic rings. The lowest BCUT2D eigenvalue weighted by Crippen LogP contribution is -2.25. The van der Waals surface area contributed by atoms with Gasteiger partial charge in [-0.15, -0.1) is 0 Å². The minimum atomic E-state index is -0.477. The van der Waals surface area contributed by atoms with E-state index in [4.69, 9.17) is 33.3 Å². The first-order chi connectivity index (χ1) is 12.0. The van der Waals surface area contributed by atoms with Gasteiger partial charge in [-0.05, 0) is 31.0 Å². The number of carbonyl (C=O) groups excluding carboxylic acids is 2. The van der Waals surface area contributed by atoms with E-state index in [2.05, 4.69) is 10.2 Å². The van der Waals surface area contributed by atoms with E-state index in [9.17, 15) is 9.59 Å². The molecule has 0 saturated carbocycles. The van der Waals surface area contributed by atoms with Crippen molar-refractivity contribution in [3.8, 4) is 5.75 Å². The number of rotatable bonds is 6. The summed E-state index contributed by atoms with van der Waals surface area (Å²) >= 11 is 12.5. The molecule has 1 amide bonds. The second-order valence-electron chi connectivity index (χ2n) is 5.31. The third-order valence-electron chi connectivity index (χ3n) is 3.48. The van der Waals surface area contributed by atoms with Crippen LogP contribution >= 0.6 is 35.6 Å². The highest BCUT2D eigenvalue weighted by atomic mass is 35.5. The fourth-order valence-corrected chi connectivity index (χ4v) is 3.55. The number of benzene rings is 1. The van der Waals surface area contributed by atoms with Crippen LogP contribution in [0.15, 0.2) is 18.2 Å². The maximum atomic E-state index is 11.8. The van der Waals surface area contributed by atoms with Crippen molar-refractivity contribution in [3.05, 3.63) is 23.2 Å². The van der Waals surface area contributed by atoms with Gasteiger partial charge in [-0.3, -0.25) is 9.59 Å². The largest absolute Gasteiger partial charge is 0.495 e. The van der Waals surface area contributed by atoms with Crippen molar-refractivity contribution in [1.29, 1.82) is 0 Å². The first-order valence-corrected chi connectivity index (χ1v) is 9.47. The fraction of sp³-hybridized carbons (Fsp3) is 0.438. The summed E-state index contributed by atoms with van der Waals surface area (Å²) in [6, 6.07) is 4.85. The van der Waals surface area contributed by atoms with Gasteiger partial charge in [0, 0.05) is 18.8 Å². The topological polar surface area (TPSA) is 67.9 Å². The molecule has 0 aliphatic carbocycles. The van der Waals surface area contributed by atoms with Crippen molar-refractivity contribution in [1.82, 2.24) is 4.90 Å². The Labute approximate surface area is 161 Å². The number of likely N-dealkylation sites (tertiary alicyclic amines) is 1. The molecule has 1 fully saturated rings. The Morgan fingerprint density at radius 2 is 2.08 bits per heavy atom. The van der Waals surface area contributed by atoms with Crippen LogP contribution in [0.5, 0.6) is 5.75 Å². The molecule has 1 aromatic rings. The Balaban J connectivity index is 1.69. The van der Waals surface area contributed by atoms with E-state index in [0.29, 0.717) is 20.8 Å². The van der Waals surface area contributed by atoms with Gasteiger partial charge in [0.1, 0.15) is 10.1 Å². The Morgan fingerprint density at radius 3 is 2.72 bits per heavy atom. The number of nitrogens with zero attached hydrogens (tertiary/aromatic N) is 1. The van der Waals surface area contributed by atoms with Crippen molar-refractivity contribution >= 4 is 57.5 Å². The van der Waals surface area contributed by atoms with E-state index in [1.54, 1.807) is 18.2 Å². The number of hydrogen-bond donors (Lipinski definition) is 1. The maximum absolute atomic E-state index is 11.8. The molecule has 0 unspecified atom stereocenters. The molecule has 25 heavy (non-hydrogen) atoms. The quantitative estimate of drug-likeness (QED) is 0.579. The fourth-order valence-electron chi connectivity index (χ4n) is 2.24. The van der Waals surface area contributed by atoms with Crippen molar-refractivity contribution in [2.45, 2.75) is 12.8 Å². The van der Waals surface area contributed by atoms with Gasteiger partial charge >= 0.3 is 5.97 Å². The highest BCUT2D eigenvalue weighted by Crippen LogP contribution is 2.27. The van der Waals surface area contributed by atoms with Gasteiger partial charge in [-0.25, -0.2) is 0 Å². The molecule has 136 valence electrons. The van der Waals surface area contributed by atoms with Crippen molar-refractivity contribution in [2.75, 3.05) is 37.9 Å². The highest BCUT2D eigenvalue weighted by Gasteiger charge is 2.17. The zero-order chi connectivity index (χ0) is 18.2. The molecule has 0 aromatic heterocycles. The monoisotopic (exact) mass is 402 g/mol. The van der Waals surface area contributed by atoms with Crippen LogP contribution in [0.1, 0.15) is 12.8 Å².